The monoisotopic (exact) mass is 474 g/mol. The van der Waals surface area contributed by atoms with Crippen LogP contribution >= 0.6 is 0 Å². The quantitative estimate of drug-likeness (QED) is 0.341. The minimum atomic E-state index is -1.14. The van der Waals surface area contributed by atoms with Crippen molar-refractivity contribution in [1.29, 1.82) is 0 Å². The fourth-order valence-electron chi connectivity index (χ4n) is 4.02. The maximum atomic E-state index is 10.7. The average Bonchev–Trinajstić information content (AvgIpc) is 3.01. The Labute approximate surface area is 204 Å². The normalized spacial score (nSPS) is 27.2. The Balaban J connectivity index is 2.25. The van der Waals surface area contributed by atoms with Gasteiger partial charge in [-0.2, -0.15) is 0 Å². The first-order chi connectivity index (χ1) is 16.2. The van der Waals surface area contributed by atoms with Gasteiger partial charge in [0.15, 0.2) is 6.29 Å². The molecule has 0 aromatic carbocycles. The molecule has 190 valence electrons. The Hall–Kier alpha value is -1.80. The summed E-state index contributed by atoms with van der Waals surface area (Å²) < 4.78 is 24.1. The standard InChI is InChI=1S/C28H42O6/c1-8-20(5)21(6)14-22(9-2)16-32-26(24(30)15-29)27-25(31-7)17-33-28(34-27)23-11-10-18(3)12-19(4)13-23/h8-11,13-14,20,24-30H,1,12,15-17H2,2-7H3/b21-14-,22-9+. The topological polar surface area (TPSA) is 77.4 Å². The Bertz CT molecular complexity index is 834. The number of rotatable bonds is 11. The van der Waals surface area contributed by atoms with Crippen LogP contribution in [-0.2, 0) is 18.9 Å². The summed E-state index contributed by atoms with van der Waals surface area (Å²) in [6.45, 7) is 14.2. The molecule has 0 bridgehead atoms. The van der Waals surface area contributed by atoms with Crippen molar-refractivity contribution in [2.45, 2.75) is 71.7 Å². The van der Waals surface area contributed by atoms with Crippen LogP contribution in [0.2, 0.25) is 0 Å². The molecule has 1 heterocycles. The third-order valence-electron chi connectivity index (χ3n) is 6.35. The van der Waals surface area contributed by atoms with E-state index in [9.17, 15) is 10.2 Å². The van der Waals surface area contributed by atoms with E-state index in [4.69, 9.17) is 18.9 Å². The molecule has 1 saturated heterocycles. The molecule has 0 saturated carbocycles. The van der Waals surface area contributed by atoms with Gasteiger partial charge in [-0.05, 0) is 45.6 Å². The van der Waals surface area contributed by atoms with E-state index < -0.39 is 37.3 Å². The maximum absolute atomic E-state index is 10.7. The largest absolute Gasteiger partial charge is 0.394 e. The fourth-order valence-corrected chi connectivity index (χ4v) is 4.02. The number of hydrogen-bond acceptors (Lipinski definition) is 6. The number of ether oxygens (including phenoxy) is 4. The predicted molar refractivity (Wildman–Crippen MR) is 135 cm³/mol. The van der Waals surface area contributed by atoms with Gasteiger partial charge in [0.2, 0.25) is 0 Å². The Morgan fingerprint density at radius 1 is 1.29 bits per heavy atom. The van der Waals surface area contributed by atoms with Gasteiger partial charge in [0, 0.05) is 12.7 Å². The summed E-state index contributed by atoms with van der Waals surface area (Å²) in [7, 11) is 1.58. The molecule has 2 aliphatic rings. The molecule has 0 aromatic rings. The second kappa shape index (κ2) is 13.9. The van der Waals surface area contributed by atoms with Gasteiger partial charge in [0.25, 0.3) is 0 Å². The van der Waals surface area contributed by atoms with E-state index in [-0.39, 0.29) is 19.1 Å². The molecule has 1 aliphatic heterocycles. The van der Waals surface area contributed by atoms with Gasteiger partial charge in [-0.3, -0.25) is 0 Å². The van der Waals surface area contributed by atoms with E-state index in [0.717, 1.165) is 23.1 Å². The molecule has 2 rings (SSSR count). The summed E-state index contributed by atoms with van der Waals surface area (Å²) in [5.74, 6) is 0.244. The van der Waals surface area contributed by atoms with Crippen LogP contribution in [0.3, 0.4) is 0 Å². The first-order valence-electron chi connectivity index (χ1n) is 11.9. The highest BCUT2D eigenvalue weighted by molar-refractivity contribution is 5.35. The second-order valence-corrected chi connectivity index (χ2v) is 9.19. The van der Waals surface area contributed by atoms with Crippen LogP contribution in [0, 0.1) is 5.92 Å². The summed E-state index contributed by atoms with van der Waals surface area (Å²) in [6.07, 6.45) is 9.32. The van der Waals surface area contributed by atoms with Gasteiger partial charge in [0.05, 0.1) is 19.8 Å². The van der Waals surface area contributed by atoms with E-state index in [0.29, 0.717) is 0 Å². The lowest BCUT2D eigenvalue weighted by Crippen LogP contribution is -2.56. The van der Waals surface area contributed by atoms with E-state index in [2.05, 4.69) is 52.5 Å². The van der Waals surface area contributed by atoms with Crippen LogP contribution in [0.1, 0.15) is 41.0 Å². The molecule has 1 aliphatic carbocycles. The molecule has 6 unspecified atom stereocenters. The Morgan fingerprint density at radius 2 is 2.03 bits per heavy atom. The van der Waals surface area contributed by atoms with Gasteiger partial charge < -0.3 is 29.2 Å². The van der Waals surface area contributed by atoms with Crippen LogP contribution in [0.5, 0.6) is 0 Å². The van der Waals surface area contributed by atoms with Crippen LogP contribution in [0.4, 0.5) is 0 Å². The second-order valence-electron chi connectivity index (χ2n) is 9.19. The highest BCUT2D eigenvalue weighted by Crippen LogP contribution is 2.29. The van der Waals surface area contributed by atoms with E-state index in [1.807, 2.05) is 25.2 Å². The average molecular weight is 475 g/mol. The summed E-state index contributed by atoms with van der Waals surface area (Å²) in [6, 6.07) is 0. The molecule has 0 radical (unpaired) electrons. The molecule has 0 spiro atoms. The lowest BCUT2D eigenvalue weighted by molar-refractivity contribution is -0.275. The molecule has 0 amide bonds. The van der Waals surface area contributed by atoms with Crippen molar-refractivity contribution < 1.29 is 29.2 Å². The van der Waals surface area contributed by atoms with Crippen molar-refractivity contribution in [1.82, 2.24) is 0 Å². The molecule has 6 heteroatoms. The molecular formula is C28H42O6. The lowest BCUT2D eigenvalue weighted by Gasteiger charge is -2.41. The lowest BCUT2D eigenvalue weighted by atomic mass is 9.99. The Kier molecular flexibility index (Phi) is 11.6. The van der Waals surface area contributed by atoms with Crippen LogP contribution < -0.4 is 0 Å². The van der Waals surface area contributed by atoms with Gasteiger partial charge in [-0.25, -0.2) is 0 Å². The van der Waals surface area contributed by atoms with E-state index in [1.165, 1.54) is 11.1 Å². The number of allylic oxidation sites excluding steroid dienone is 7. The molecule has 0 aromatic heterocycles. The van der Waals surface area contributed by atoms with Crippen LogP contribution in [-0.4, -0.2) is 67.8 Å². The van der Waals surface area contributed by atoms with Gasteiger partial charge >= 0.3 is 0 Å². The third-order valence-corrected chi connectivity index (χ3v) is 6.35. The van der Waals surface area contributed by atoms with Gasteiger partial charge in [0.1, 0.15) is 24.4 Å². The zero-order valence-corrected chi connectivity index (χ0v) is 21.5. The molecule has 1 fully saturated rings. The number of aliphatic hydroxyl groups excluding tert-OH is 2. The van der Waals surface area contributed by atoms with E-state index >= 15 is 0 Å². The first-order valence-corrected chi connectivity index (χ1v) is 11.9. The first kappa shape index (κ1) is 28.4. The van der Waals surface area contributed by atoms with E-state index in [1.54, 1.807) is 7.11 Å². The van der Waals surface area contributed by atoms with Crippen molar-refractivity contribution in [3.63, 3.8) is 0 Å². The Morgan fingerprint density at radius 3 is 2.65 bits per heavy atom. The zero-order chi connectivity index (χ0) is 25.3. The number of aliphatic hydroxyl groups is 2. The summed E-state index contributed by atoms with van der Waals surface area (Å²) in [5, 5.41) is 20.4. The summed E-state index contributed by atoms with van der Waals surface area (Å²) >= 11 is 0. The fraction of sp³-hybridized carbons (Fsp3) is 0.571. The number of methoxy groups -OCH3 is 1. The van der Waals surface area contributed by atoms with Crippen molar-refractivity contribution in [3.8, 4) is 0 Å². The molecular weight excluding hydrogens is 432 g/mol. The summed E-state index contributed by atoms with van der Waals surface area (Å²) in [5.41, 5.74) is 5.50. The molecule has 34 heavy (non-hydrogen) atoms. The summed E-state index contributed by atoms with van der Waals surface area (Å²) in [4.78, 5) is 0. The minimum absolute atomic E-state index is 0.244. The highest BCUT2D eigenvalue weighted by Gasteiger charge is 2.42. The smallest absolute Gasteiger partial charge is 0.184 e. The molecule has 6 atom stereocenters. The van der Waals surface area contributed by atoms with Crippen molar-refractivity contribution in [2.75, 3.05) is 26.9 Å². The van der Waals surface area contributed by atoms with Gasteiger partial charge in [-0.1, -0.05) is 60.1 Å². The highest BCUT2D eigenvalue weighted by atomic mass is 16.7. The van der Waals surface area contributed by atoms with Crippen molar-refractivity contribution in [2.24, 2.45) is 5.92 Å². The SMILES string of the molecule is C=CC(C)/C(C)=C\C(=C/C)COC(C(O)CO)C1OC(C2=CC=C(C)CC(C)=C2)OCC1OC. The molecule has 2 N–H and O–H groups in total. The van der Waals surface area contributed by atoms with Gasteiger partial charge in [-0.15, -0.1) is 6.58 Å². The third kappa shape index (κ3) is 7.87. The van der Waals surface area contributed by atoms with Crippen molar-refractivity contribution in [3.05, 3.63) is 70.9 Å². The predicted octanol–water partition coefficient (Wildman–Crippen LogP) is 4.42. The van der Waals surface area contributed by atoms with Crippen molar-refractivity contribution >= 4 is 0 Å². The van der Waals surface area contributed by atoms with Crippen LogP contribution in [0.25, 0.3) is 0 Å². The van der Waals surface area contributed by atoms with Crippen LogP contribution in [0.15, 0.2) is 70.9 Å². The number of hydrogen-bond donors (Lipinski definition) is 2. The minimum Gasteiger partial charge on any atom is -0.394 e. The molecule has 6 nitrogen and oxygen atoms in total. The maximum Gasteiger partial charge on any atom is 0.184 e. The zero-order valence-electron chi connectivity index (χ0n) is 21.5.